The maximum Gasteiger partial charge on any atom is 0.226 e. The van der Waals surface area contributed by atoms with Gasteiger partial charge in [0.25, 0.3) is 0 Å². The molecule has 0 amide bonds. The predicted octanol–water partition coefficient (Wildman–Crippen LogP) is 0.990. The van der Waals surface area contributed by atoms with Crippen LogP contribution in [0.25, 0.3) is 11.2 Å². The molecule has 7 heteroatoms. The Bertz CT molecular complexity index is 583. The van der Waals surface area contributed by atoms with E-state index in [4.69, 9.17) is 5.26 Å². The second kappa shape index (κ2) is 4.87. The fraction of sp³-hybridized carbons (Fsp3) is 0.455. The van der Waals surface area contributed by atoms with Gasteiger partial charge < -0.3 is 15.2 Å². The van der Waals surface area contributed by atoms with E-state index in [1.165, 1.54) is 0 Å². The van der Waals surface area contributed by atoms with Gasteiger partial charge in [-0.1, -0.05) is 0 Å². The van der Waals surface area contributed by atoms with Crippen molar-refractivity contribution in [3.8, 4) is 6.07 Å². The second-order valence-electron chi connectivity index (χ2n) is 4.13. The molecule has 2 aromatic rings. The summed E-state index contributed by atoms with van der Waals surface area (Å²) in [6, 6.07) is 2.21. The molecule has 0 radical (unpaired) electrons. The molecule has 2 aromatic heterocycles. The van der Waals surface area contributed by atoms with E-state index in [9.17, 15) is 0 Å². The number of aromatic nitrogens is 4. The Morgan fingerprint density at radius 2 is 2.33 bits per heavy atom. The topological polar surface area (TPSA) is 93.5 Å². The van der Waals surface area contributed by atoms with Gasteiger partial charge in [-0.15, -0.1) is 0 Å². The molecule has 0 aromatic carbocycles. The minimum Gasteiger partial charge on any atom is -0.357 e. The van der Waals surface area contributed by atoms with E-state index in [1.54, 1.807) is 13.4 Å². The fourth-order valence-corrected chi connectivity index (χ4v) is 1.74. The highest BCUT2D eigenvalue weighted by Gasteiger charge is 2.14. The molecule has 0 aliphatic carbocycles. The predicted molar refractivity (Wildman–Crippen MR) is 69.3 cm³/mol. The van der Waals surface area contributed by atoms with Crippen LogP contribution in [0.1, 0.15) is 6.92 Å². The van der Waals surface area contributed by atoms with Crippen molar-refractivity contribution < 1.29 is 0 Å². The average molecular weight is 245 g/mol. The van der Waals surface area contributed by atoms with Gasteiger partial charge >= 0.3 is 0 Å². The lowest BCUT2D eigenvalue weighted by atomic mass is 10.2. The summed E-state index contributed by atoms with van der Waals surface area (Å²) in [5.41, 5.74) is 1.39. The molecular weight excluding hydrogens is 230 g/mol. The first-order valence-electron chi connectivity index (χ1n) is 5.65. The number of rotatable bonds is 4. The van der Waals surface area contributed by atoms with Crippen LogP contribution in [0.15, 0.2) is 6.33 Å². The molecule has 2 heterocycles. The highest BCUT2D eigenvalue weighted by atomic mass is 15.2. The number of fused-ring (bicyclic) bond motifs is 1. The van der Waals surface area contributed by atoms with Gasteiger partial charge in [0.15, 0.2) is 11.5 Å². The Labute approximate surface area is 105 Å². The molecule has 7 nitrogen and oxygen atoms in total. The van der Waals surface area contributed by atoms with E-state index in [-0.39, 0.29) is 5.92 Å². The first kappa shape index (κ1) is 12.1. The van der Waals surface area contributed by atoms with Gasteiger partial charge in [-0.3, -0.25) is 0 Å². The highest BCUT2D eigenvalue weighted by molar-refractivity contribution is 5.84. The Morgan fingerprint density at radius 1 is 1.56 bits per heavy atom. The molecule has 94 valence electrons. The molecule has 1 unspecified atom stereocenters. The zero-order valence-corrected chi connectivity index (χ0v) is 10.6. The first-order valence-corrected chi connectivity index (χ1v) is 5.65. The fourth-order valence-electron chi connectivity index (χ4n) is 1.74. The third kappa shape index (κ3) is 2.18. The zero-order chi connectivity index (χ0) is 13.1. The molecule has 0 bridgehead atoms. The van der Waals surface area contributed by atoms with Crippen molar-refractivity contribution in [1.82, 2.24) is 19.9 Å². The summed E-state index contributed by atoms with van der Waals surface area (Å²) in [6.45, 7) is 2.48. The monoisotopic (exact) mass is 245 g/mol. The standard InChI is InChI=1S/C11H15N7/c1-7(4-12)5-18(3)10-8-9(15-6-14-8)16-11(13-2)17-10/h6-7H,5H2,1-3H3,(H2,13,14,15,16,17). The molecule has 0 aliphatic heterocycles. The van der Waals surface area contributed by atoms with Gasteiger partial charge in [-0.25, -0.2) is 4.98 Å². The summed E-state index contributed by atoms with van der Waals surface area (Å²) < 4.78 is 0. The Kier molecular flexibility index (Phi) is 3.28. The molecule has 0 fully saturated rings. The molecule has 18 heavy (non-hydrogen) atoms. The first-order chi connectivity index (χ1) is 8.65. The van der Waals surface area contributed by atoms with Crippen molar-refractivity contribution >= 4 is 22.9 Å². The summed E-state index contributed by atoms with van der Waals surface area (Å²) in [5.74, 6) is 1.19. The molecule has 1 atom stereocenters. The van der Waals surface area contributed by atoms with Gasteiger partial charge in [0.05, 0.1) is 18.3 Å². The van der Waals surface area contributed by atoms with Gasteiger partial charge in [0.1, 0.15) is 5.52 Å². The normalized spacial score (nSPS) is 12.1. The summed E-state index contributed by atoms with van der Waals surface area (Å²) in [5, 5.41) is 11.8. The van der Waals surface area contributed by atoms with Crippen LogP contribution in [0.4, 0.5) is 11.8 Å². The lowest BCUT2D eigenvalue weighted by Crippen LogP contribution is -2.24. The molecule has 2 rings (SSSR count). The molecular formula is C11H15N7. The minimum atomic E-state index is -0.0685. The number of hydrogen-bond donors (Lipinski definition) is 2. The smallest absolute Gasteiger partial charge is 0.226 e. The highest BCUT2D eigenvalue weighted by Crippen LogP contribution is 2.22. The summed E-state index contributed by atoms with van der Waals surface area (Å²) in [6.07, 6.45) is 1.59. The molecule has 2 N–H and O–H groups in total. The van der Waals surface area contributed by atoms with E-state index in [0.29, 0.717) is 18.1 Å². The summed E-state index contributed by atoms with van der Waals surface area (Å²) in [4.78, 5) is 17.7. The van der Waals surface area contributed by atoms with Crippen LogP contribution in [0.3, 0.4) is 0 Å². The molecule has 0 aliphatic rings. The maximum absolute atomic E-state index is 8.86. The van der Waals surface area contributed by atoms with E-state index in [2.05, 4.69) is 31.3 Å². The largest absolute Gasteiger partial charge is 0.357 e. The number of nitriles is 1. The number of anilines is 2. The van der Waals surface area contributed by atoms with Crippen molar-refractivity contribution in [2.75, 3.05) is 30.9 Å². The maximum atomic E-state index is 8.86. The van der Waals surface area contributed by atoms with Crippen LogP contribution in [-0.4, -0.2) is 40.6 Å². The Hall–Kier alpha value is -2.36. The van der Waals surface area contributed by atoms with Gasteiger partial charge in [-0.2, -0.15) is 15.2 Å². The van der Waals surface area contributed by atoms with Gasteiger partial charge in [0, 0.05) is 20.6 Å². The van der Waals surface area contributed by atoms with E-state index < -0.39 is 0 Å². The van der Waals surface area contributed by atoms with E-state index in [0.717, 1.165) is 11.3 Å². The van der Waals surface area contributed by atoms with Crippen LogP contribution in [0.5, 0.6) is 0 Å². The van der Waals surface area contributed by atoms with Crippen molar-refractivity contribution in [2.45, 2.75) is 6.92 Å². The summed E-state index contributed by atoms with van der Waals surface area (Å²) in [7, 11) is 3.66. The van der Waals surface area contributed by atoms with Crippen LogP contribution in [0.2, 0.25) is 0 Å². The summed E-state index contributed by atoms with van der Waals surface area (Å²) >= 11 is 0. The van der Waals surface area contributed by atoms with Crippen LogP contribution in [-0.2, 0) is 0 Å². The molecule has 0 saturated heterocycles. The van der Waals surface area contributed by atoms with Crippen molar-refractivity contribution in [3.05, 3.63) is 6.33 Å². The van der Waals surface area contributed by atoms with Gasteiger partial charge in [-0.05, 0) is 6.92 Å². The van der Waals surface area contributed by atoms with Crippen LogP contribution in [0, 0.1) is 17.2 Å². The van der Waals surface area contributed by atoms with Gasteiger partial charge in [0.2, 0.25) is 5.95 Å². The SMILES string of the molecule is CNc1nc(N(C)CC(C)C#N)c2[nH]cnc2n1. The van der Waals surface area contributed by atoms with E-state index >= 15 is 0 Å². The molecule has 0 saturated carbocycles. The lowest BCUT2D eigenvalue weighted by molar-refractivity contribution is 0.711. The van der Waals surface area contributed by atoms with Crippen LogP contribution < -0.4 is 10.2 Å². The number of nitrogens with zero attached hydrogens (tertiary/aromatic N) is 5. The quantitative estimate of drug-likeness (QED) is 0.834. The molecule has 0 spiro atoms. The zero-order valence-electron chi connectivity index (χ0n) is 10.6. The lowest BCUT2D eigenvalue weighted by Gasteiger charge is -2.20. The number of hydrogen-bond acceptors (Lipinski definition) is 6. The van der Waals surface area contributed by atoms with E-state index in [1.807, 2.05) is 18.9 Å². The Morgan fingerprint density at radius 3 is 3.00 bits per heavy atom. The van der Waals surface area contributed by atoms with Crippen molar-refractivity contribution in [3.63, 3.8) is 0 Å². The van der Waals surface area contributed by atoms with Crippen molar-refractivity contribution in [2.24, 2.45) is 5.92 Å². The number of aromatic amines is 1. The average Bonchev–Trinajstić information content (AvgIpc) is 2.85. The third-order valence-electron chi connectivity index (χ3n) is 2.62. The number of nitrogens with one attached hydrogen (secondary N) is 2. The number of imidazole rings is 1. The minimum absolute atomic E-state index is 0.0685. The second-order valence-corrected chi connectivity index (χ2v) is 4.13. The van der Waals surface area contributed by atoms with Crippen LogP contribution >= 0.6 is 0 Å². The van der Waals surface area contributed by atoms with Crippen molar-refractivity contribution in [1.29, 1.82) is 5.26 Å². The number of H-pyrrole nitrogens is 1. The Balaban J connectivity index is 2.42. The third-order valence-corrected chi connectivity index (χ3v) is 2.62.